The molecule has 0 saturated carbocycles. The molecule has 0 bridgehead atoms. The summed E-state index contributed by atoms with van der Waals surface area (Å²) in [4.78, 5) is 2.12. The SMILES string of the molecule is COCCCN(C)Cn1nc2c(Cl)cc(Cl)cn2c1=S. The van der Waals surface area contributed by atoms with Gasteiger partial charge in [0.1, 0.15) is 0 Å². The zero-order chi connectivity index (χ0) is 14.7. The number of rotatable bonds is 6. The van der Waals surface area contributed by atoms with Crippen molar-refractivity contribution in [2.24, 2.45) is 0 Å². The predicted octanol–water partition coefficient (Wildman–Crippen LogP) is 3.10. The highest BCUT2D eigenvalue weighted by atomic mass is 35.5. The van der Waals surface area contributed by atoms with Crippen molar-refractivity contribution in [1.82, 2.24) is 19.1 Å². The van der Waals surface area contributed by atoms with E-state index in [0.29, 0.717) is 27.1 Å². The van der Waals surface area contributed by atoms with Crippen molar-refractivity contribution in [3.05, 3.63) is 27.1 Å². The lowest BCUT2D eigenvalue weighted by atomic mass is 10.4. The minimum atomic E-state index is 0.490. The van der Waals surface area contributed by atoms with E-state index in [0.717, 1.165) is 19.6 Å². The molecule has 0 aliphatic heterocycles. The fourth-order valence-electron chi connectivity index (χ4n) is 1.92. The topological polar surface area (TPSA) is 34.7 Å². The van der Waals surface area contributed by atoms with Crippen molar-refractivity contribution in [3.63, 3.8) is 0 Å². The average molecular weight is 335 g/mol. The summed E-state index contributed by atoms with van der Waals surface area (Å²) in [6.07, 6.45) is 2.68. The van der Waals surface area contributed by atoms with Crippen molar-refractivity contribution in [1.29, 1.82) is 0 Å². The normalized spacial score (nSPS) is 11.7. The molecule has 0 aliphatic rings. The Labute approximate surface area is 132 Å². The molecule has 0 amide bonds. The van der Waals surface area contributed by atoms with Crippen LogP contribution in [0.2, 0.25) is 10.0 Å². The molecule has 2 heterocycles. The Hall–Kier alpha value is -0.660. The molecule has 0 atom stereocenters. The van der Waals surface area contributed by atoms with E-state index in [1.54, 1.807) is 28.5 Å². The molecule has 20 heavy (non-hydrogen) atoms. The van der Waals surface area contributed by atoms with E-state index >= 15 is 0 Å². The first kappa shape index (κ1) is 15.7. The second-order valence-corrected chi connectivity index (χ2v) is 5.76. The molecule has 0 aliphatic carbocycles. The van der Waals surface area contributed by atoms with E-state index < -0.39 is 0 Å². The minimum Gasteiger partial charge on any atom is -0.385 e. The molecule has 2 aromatic rings. The molecule has 2 aromatic heterocycles. The predicted molar refractivity (Wildman–Crippen MR) is 83.2 cm³/mol. The van der Waals surface area contributed by atoms with Crippen molar-refractivity contribution in [2.45, 2.75) is 13.1 Å². The summed E-state index contributed by atoms with van der Waals surface area (Å²) in [7, 11) is 3.71. The smallest absolute Gasteiger partial charge is 0.203 e. The standard InChI is InChI=1S/C12H16Cl2N4OS/c1-16(4-3-5-19-2)8-18-12(20)17-7-9(13)6-10(14)11(17)15-18/h6-7H,3-5,8H2,1-2H3. The summed E-state index contributed by atoms with van der Waals surface area (Å²) in [6, 6.07) is 1.66. The van der Waals surface area contributed by atoms with E-state index in [1.807, 2.05) is 7.05 Å². The van der Waals surface area contributed by atoms with Gasteiger partial charge in [-0.25, -0.2) is 4.68 Å². The van der Waals surface area contributed by atoms with Crippen LogP contribution in [0.3, 0.4) is 0 Å². The Morgan fingerprint density at radius 1 is 1.45 bits per heavy atom. The molecular formula is C12H16Cl2N4OS. The largest absolute Gasteiger partial charge is 0.385 e. The monoisotopic (exact) mass is 334 g/mol. The zero-order valence-electron chi connectivity index (χ0n) is 11.3. The number of methoxy groups -OCH3 is 1. The summed E-state index contributed by atoms with van der Waals surface area (Å²) >= 11 is 17.5. The highest BCUT2D eigenvalue weighted by Gasteiger charge is 2.10. The van der Waals surface area contributed by atoms with Crippen LogP contribution in [0.5, 0.6) is 0 Å². The number of halogens is 2. The summed E-state index contributed by atoms with van der Waals surface area (Å²) in [5.74, 6) is 0. The first-order valence-electron chi connectivity index (χ1n) is 6.14. The van der Waals surface area contributed by atoms with Crippen molar-refractivity contribution < 1.29 is 4.74 Å². The lowest BCUT2D eigenvalue weighted by Crippen LogP contribution is -2.24. The van der Waals surface area contributed by atoms with Crippen LogP contribution in [-0.4, -0.2) is 46.4 Å². The van der Waals surface area contributed by atoms with Gasteiger partial charge in [-0.1, -0.05) is 23.2 Å². The number of nitrogens with zero attached hydrogens (tertiary/aromatic N) is 4. The number of ether oxygens (including phenoxy) is 1. The Balaban J connectivity index is 2.21. The minimum absolute atomic E-state index is 0.490. The molecule has 0 saturated heterocycles. The molecule has 0 unspecified atom stereocenters. The third-order valence-corrected chi connectivity index (χ3v) is 3.76. The maximum atomic E-state index is 6.13. The van der Waals surface area contributed by atoms with Gasteiger partial charge < -0.3 is 4.74 Å². The van der Waals surface area contributed by atoms with E-state index in [9.17, 15) is 0 Å². The van der Waals surface area contributed by atoms with Crippen molar-refractivity contribution >= 4 is 41.1 Å². The molecular weight excluding hydrogens is 319 g/mol. The van der Waals surface area contributed by atoms with Crippen molar-refractivity contribution in [3.8, 4) is 0 Å². The molecule has 2 rings (SSSR count). The first-order valence-corrected chi connectivity index (χ1v) is 7.31. The van der Waals surface area contributed by atoms with E-state index in [1.165, 1.54) is 0 Å². The van der Waals surface area contributed by atoms with Gasteiger partial charge >= 0.3 is 0 Å². The number of fused-ring (bicyclic) bond motifs is 1. The van der Waals surface area contributed by atoms with E-state index in [2.05, 4.69) is 10.00 Å². The Bertz CT molecular complexity index is 655. The summed E-state index contributed by atoms with van der Waals surface area (Å²) in [5, 5.41) is 5.46. The van der Waals surface area contributed by atoms with Crippen LogP contribution in [0.15, 0.2) is 12.3 Å². The van der Waals surface area contributed by atoms with Gasteiger partial charge in [-0.2, -0.15) is 0 Å². The third-order valence-electron chi connectivity index (χ3n) is 2.86. The van der Waals surface area contributed by atoms with Crippen LogP contribution in [0.4, 0.5) is 0 Å². The Kier molecular flexibility index (Phi) is 5.40. The molecule has 0 fully saturated rings. The summed E-state index contributed by atoms with van der Waals surface area (Å²) in [5.41, 5.74) is 0.617. The number of hydrogen-bond acceptors (Lipinski definition) is 4. The third kappa shape index (κ3) is 3.51. The van der Waals surface area contributed by atoms with Crippen molar-refractivity contribution in [2.75, 3.05) is 27.3 Å². The first-order chi connectivity index (χ1) is 9.52. The van der Waals surface area contributed by atoms with Crippen LogP contribution in [-0.2, 0) is 11.4 Å². The van der Waals surface area contributed by atoms with Crippen LogP contribution >= 0.6 is 35.4 Å². The average Bonchev–Trinajstić information content (AvgIpc) is 2.68. The van der Waals surface area contributed by atoms with Crippen LogP contribution < -0.4 is 0 Å². The fraction of sp³-hybridized carbons (Fsp3) is 0.500. The lowest BCUT2D eigenvalue weighted by Gasteiger charge is -2.15. The molecule has 8 heteroatoms. The lowest BCUT2D eigenvalue weighted by molar-refractivity contribution is 0.168. The highest BCUT2D eigenvalue weighted by Crippen LogP contribution is 2.21. The van der Waals surface area contributed by atoms with Crippen LogP contribution in [0.1, 0.15) is 6.42 Å². The van der Waals surface area contributed by atoms with E-state index in [4.69, 9.17) is 40.2 Å². The maximum absolute atomic E-state index is 6.13. The van der Waals surface area contributed by atoms with Crippen LogP contribution in [0.25, 0.3) is 5.65 Å². The molecule has 0 spiro atoms. The van der Waals surface area contributed by atoms with Gasteiger partial charge in [-0.15, -0.1) is 5.10 Å². The Morgan fingerprint density at radius 3 is 2.90 bits per heavy atom. The van der Waals surface area contributed by atoms with Gasteiger partial charge in [-0.3, -0.25) is 9.30 Å². The molecule has 0 radical (unpaired) electrons. The second kappa shape index (κ2) is 6.87. The molecule has 110 valence electrons. The number of aromatic nitrogens is 3. The van der Waals surface area contributed by atoms with Gasteiger partial charge in [-0.05, 0) is 31.8 Å². The van der Waals surface area contributed by atoms with Crippen LogP contribution in [0, 0.1) is 4.77 Å². The van der Waals surface area contributed by atoms with Gasteiger partial charge in [0.25, 0.3) is 0 Å². The molecule has 5 nitrogen and oxygen atoms in total. The molecule has 0 N–H and O–H groups in total. The number of pyridine rings is 1. The summed E-state index contributed by atoms with van der Waals surface area (Å²) in [6.45, 7) is 2.23. The number of hydrogen-bond donors (Lipinski definition) is 0. The second-order valence-electron chi connectivity index (χ2n) is 4.55. The maximum Gasteiger partial charge on any atom is 0.203 e. The van der Waals surface area contributed by atoms with Gasteiger partial charge in [0, 0.05) is 26.5 Å². The quantitative estimate of drug-likeness (QED) is 0.600. The highest BCUT2D eigenvalue weighted by molar-refractivity contribution is 7.71. The van der Waals surface area contributed by atoms with Gasteiger partial charge in [0.2, 0.25) is 4.77 Å². The Morgan fingerprint density at radius 2 is 2.20 bits per heavy atom. The summed E-state index contributed by atoms with van der Waals surface area (Å²) < 4.78 is 9.07. The van der Waals surface area contributed by atoms with Gasteiger partial charge in [0.05, 0.1) is 16.7 Å². The van der Waals surface area contributed by atoms with E-state index in [-0.39, 0.29) is 0 Å². The molecule has 0 aromatic carbocycles. The van der Waals surface area contributed by atoms with Gasteiger partial charge in [0.15, 0.2) is 5.65 Å². The fourth-order valence-corrected chi connectivity index (χ4v) is 2.66. The zero-order valence-corrected chi connectivity index (χ0v) is 13.7.